The highest BCUT2D eigenvalue weighted by Gasteiger charge is 2.38. The molecule has 1 saturated heterocycles. The van der Waals surface area contributed by atoms with Crippen LogP contribution in [0.2, 0.25) is 0 Å². The molecule has 3 aliphatic rings. The van der Waals surface area contributed by atoms with Crippen LogP contribution >= 0.6 is 0 Å². The third-order valence-corrected chi connectivity index (χ3v) is 9.15. The molecule has 1 atom stereocenters. The molecule has 180 valence electrons. The number of benzene rings is 2. The summed E-state index contributed by atoms with van der Waals surface area (Å²) in [6.45, 7) is 0.918. The summed E-state index contributed by atoms with van der Waals surface area (Å²) >= 11 is 0. The molecular formula is C26H31N3O4S. The fourth-order valence-corrected chi connectivity index (χ4v) is 7.02. The fourth-order valence-electron chi connectivity index (χ4n) is 5.48. The summed E-state index contributed by atoms with van der Waals surface area (Å²) in [4.78, 5) is 27.4. The lowest BCUT2D eigenvalue weighted by atomic mass is 9.94. The average molecular weight is 482 g/mol. The third-order valence-electron chi connectivity index (χ3n) is 7.32. The molecule has 2 aliphatic heterocycles. The number of carbonyl (C=O) groups excluding carboxylic acids is 2. The number of carbonyl (C=O) groups is 2. The van der Waals surface area contributed by atoms with Gasteiger partial charge in [-0.2, -0.15) is 0 Å². The number of nitrogens with zero attached hydrogens (tertiary/aromatic N) is 2. The highest BCUT2D eigenvalue weighted by molar-refractivity contribution is 7.92. The summed E-state index contributed by atoms with van der Waals surface area (Å²) in [6, 6.07) is 14.2. The van der Waals surface area contributed by atoms with Gasteiger partial charge in [0.1, 0.15) is 0 Å². The van der Waals surface area contributed by atoms with E-state index in [2.05, 4.69) is 5.32 Å². The summed E-state index contributed by atoms with van der Waals surface area (Å²) in [5, 5.41) is 2.88. The zero-order valence-electron chi connectivity index (χ0n) is 19.3. The van der Waals surface area contributed by atoms with Crippen LogP contribution < -0.4 is 9.62 Å². The second kappa shape index (κ2) is 9.41. The first kappa shape index (κ1) is 22.9. The van der Waals surface area contributed by atoms with Gasteiger partial charge in [-0.15, -0.1) is 0 Å². The van der Waals surface area contributed by atoms with E-state index in [1.807, 2.05) is 29.2 Å². The van der Waals surface area contributed by atoms with Crippen LogP contribution in [0, 0.1) is 5.92 Å². The molecule has 7 nitrogen and oxygen atoms in total. The first-order chi connectivity index (χ1) is 16.4. The highest BCUT2D eigenvalue weighted by atomic mass is 32.2. The van der Waals surface area contributed by atoms with E-state index in [9.17, 15) is 18.0 Å². The van der Waals surface area contributed by atoms with Gasteiger partial charge in [0.2, 0.25) is 11.8 Å². The molecule has 2 aromatic carbocycles. The van der Waals surface area contributed by atoms with E-state index in [1.54, 1.807) is 12.1 Å². The molecule has 0 spiro atoms. The minimum atomic E-state index is -3.69. The van der Waals surface area contributed by atoms with Crippen molar-refractivity contribution in [3.63, 3.8) is 0 Å². The van der Waals surface area contributed by atoms with Crippen molar-refractivity contribution >= 4 is 33.2 Å². The molecule has 2 heterocycles. The van der Waals surface area contributed by atoms with Crippen LogP contribution in [-0.4, -0.2) is 44.3 Å². The Balaban J connectivity index is 1.25. The summed E-state index contributed by atoms with van der Waals surface area (Å²) in [7, 11) is -3.69. The Morgan fingerprint density at radius 3 is 2.44 bits per heavy atom. The monoisotopic (exact) mass is 481 g/mol. The lowest BCUT2D eigenvalue weighted by Gasteiger charge is -2.31. The topological polar surface area (TPSA) is 86.8 Å². The van der Waals surface area contributed by atoms with E-state index >= 15 is 0 Å². The molecule has 0 bridgehead atoms. The van der Waals surface area contributed by atoms with Gasteiger partial charge in [0.25, 0.3) is 10.0 Å². The molecule has 34 heavy (non-hydrogen) atoms. The van der Waals surface area contributed by atoms with E-state index in [4.69, 9.17) is 0 Å². The predicted octanol–water partition coefficient (Wildman–Crippen LogP) is 3.95. The Kier molecular flexibility index (Phi) is 6.34. The SMILES string of the molecule is O=C(Nc1ccc(S(=O)(=O)N2CCCc3ccccc32)cc1)[C@H]1CC(=O)N(C2CCCCC2)C1. The van der Waals surface area contributed by atoms with Crippen molar-refractivity contribution in [2.75, 3.05) is 22.7 Å². The van der Waals surface area contributed by atoms with Crippen molar-refractivity contribution in [1.82, 2.24) is 4.90 Å². The first-order valence-corrected chi connectivity index (χ1v) is 13.7. The number of aryl methyl sites for hydroxylation is 1. The summed E-state index contributed by atoms with van der Waals surface area (Å²) in [5.74, 6) is -0.495. The molecule has 1 aliphatic carbocycles. The van der Waals surface area contributed by atoms with Gasteiger partial charge < -0.3 is 10.2 Å². The largest absolute Gasteiger partial charge is 0.339 e. The van der Waals surface area contributed by atoms with E-state index < -0.39 is 10.0 Å². The van der Waals surface area contributed by atoms with Crippen LogP contribution in [0.1, 0.15) is 50.5 Å². The molecule has 0 aromatic heterocycles. The summed E-state index contributed by atoms with van der Waals surface area (Å²) < 4.78 is 28.1. The summed E-state index contributed by atoms with van der Waals surface area (Å²) in [5.41, 5.74) is 2.31. The maximum Gasteiger partial charge on any atom is 0.264 e. The Morgan fingerprint density at radius 2 is 1.68 bits per heavy atom. The second-order valence-electron chi connectivity index (χ2n) is 9.56. The lowest BCUT2D eigenvalue weighted by Crippen LogP contribution is -2.38. The van der Waals surface area contributed by atoms with Gasteiger partial charge in [-0.05, 0) is 61.6 Å². The third kappa shape index (κ3) is 4.43. The number of amides is 2. The second-order valence-corrected chi connectivity index (χ2v) is 11.4. The van der Waals surface area contributed by atoms with E-state index in [0.717, 1.165) is 49.8 Å². The molecule has 1 saturated carbocycles. The van der Waals surface area contributed by atoms with Gasteiger partial charge in [0.05, 0.1) is 16.5 Å². The quantitative estimate of drug-likeness (QED) is 0.701. The first-order valence-electron chi connectivity index (χ1n) is 12.2. The number of para-hydroxylation sites is 1. The minimum absolute atomic E-state index is 0.0651. The zero-order valence-corrected chi connectivity index (χ0v) is 20.1. The van der Waals surface area contributed by atoms with Gasteiger partial charge in [0.15, 0.2) is 0 Å². The Hall–Kier alpha value is -2.87. The number of sulfonamides is 1. The van der Waals surface area contributed by atoms with Gasteiger partial charge >= 0.3 is 0 Å². The molecule has 1 N–H and O–H groups in total. The number of rotatable bonds is 5. The standard InChI is InChI=1S/C26H31N3O4S/c30-25-17-20(18-28(25)22-9-2-1-3-10-22)26(31)27-21-12-14-23(15-13-21)34(32,33)29-16-6-8-19-7-4-5-11-24(19)29/h4-5,7,11-15,20,22H,1-3,6,8-10,16-18H2,(H,27,31)/t20-/m0/s1. The van der Waals surface area contributed by atoms with Gasteiger partial charge in [-0.3, -0.25) is 13.9 Å². The maximum absolute atomic E-state index is 13.3. The smallest absolute Gasteiger partial charge is 0.264 e. The number of fused-ring (bicyclic) bond motifs is 1. The van der Waals surface area contributed by atoms with Gasteiger partial charge in [-0.1, -0.05) is 37.5 Å². The number of hydrogen-bond acceptors (Lipinski definition) is 4. The van der Waals surface area contributed by atoms with Crippen LogP contribution in [0.4, 0.5) is 11.4 Å². The Morgan fingerprint density at radius 1 is 0.941 bits per heavy atom. The molecule has 2 fully saturated rings. The van der Waals surface area contributed by atoms with E-state index in [1.165, 1.54) is 22.9 Å². The number of likely N-dealkylation sites (tertiary alicyclic amines) is 1. The molecule has 0 radical (unpaired) electrons. The number of anilines is 2. The van der Waals surface area contributed by atoms with Crippen molar-refractivity contribution in [2.24, 2.45) is 5.92 Å². The van der Waals surface area contributed by atoms with Crippen LogP contribution in [0.3, 0.4) is 0 Å². The van der Waals surface area contributed by atoms with Crippen molar-refractivity contribution in [2.45, 2.75) is 62.3 Å². The van der Waals surface area contributed by atoms with Crippen molar-refractivity contribution in [3.8, 4) is 0 Å². The number of hydrogen-bond donors (Lipinski definition) is 1. The zero-order chi connectivity index (χ0) is 23.7. The minimum Gasteiger partial charge on any atom is -0.339 e. The highest BCUT2D eigenvalue weighted by Crippen LogP contribution is 2.32. The van der Waals surface area contributed by atoms with Crippen molar-refractivity contribution in [3.05, 3.63) is 54.1 Å². The molecule has 2 aromatic rings. The molecular weight excluding hydrogens is 450 g/mol. The maximum atomic E-state index is 13.3. The molecule has 5 rings (SSSR count). The van der Waals surface area contributed by atoms with Gasteiger partial charge in [0, 0.05) is 31.2 Å². The fraction of sp³-hybridized carbons (Fsp3) is 0.462. The molecule has 0 unspecified atom stereocenters. The average Bonchev–Trinajstić information content (AvgIpc) is 3.26. The van der Waals surface area contributed by atoms with E-state index in [0.29, 0.717) is 18.8 Å². The van der Waals surface area contributed by atoms with Crippen LogP contribution in [-0.2, 0) is 26.0 Å². The van der Waals surface area contributed by atoms with Crippen LogP contribution in [0.25, 0.3) is 0 Å². The number of nitrogens with one attached hydrogen (secondary N) is 1. The van der Waals surface area contributed by atoms with Crippen LogP contribution in [0.15, 0.2) is 53.4 Å². The van der Waals surface area contributed by atoms with Crippen molar-refractivity contribution in [1.29, 1.82) is 0 Å². The van der Waals surface area contributed by atoms with Gasteiger partial charge in [-0.25, -0.2) is 8.42 Å². The van der Waals surface area contributed by atoms with Crippen LogP contribution in [0.5, 0.6) is 0 Å². The lowest BCUT2D eigenvalue weighted by molar-refractivity contribution is -0.130. The Bertz CT molecular complexity index is 1170. The summed E-state index contributed by atoms with van der Waals surface area (Å²) in [6.07, 6.45) is 7.45. The Labute approximate surface area is 201 Å². The molecule has 2 amide bonds. The molecule has 8 heteroatoms. The normalized spacial score (nSPS) is 21.4. The van der Waals surface area contributed by atoms with E-state index in [-0.39, 0.29) is 35.1 Å². The predicted molar refractivity (Wildman–Crippen MR) is 131 cm³/mol. The van der Waals surface area contributed by atoms with Crippen molar-refractivity contribution < 1.29 is 18.0 Å².